The fraction of sp³-hybridized carbons (Fsp3) is 0.611. The lowest BCUT2D eigenvalue weighted by Crippen LogP contribution is -2.31. The Labute approximate surface area is 143 Å². The lowest BCUT2D eigenvalue weighted by molar-refractivity contribution is 0.0588. The van der Waals surface area contributed by atoms with E-state index in [-0.39, 0.29) is 12.0 Å². The van der Waals surface area contributed by atoms with Crippen LogP contribution in [0.3, 0.4) is 0 Å². The van der Waals surface area contributed by atoms with Crippen molar-refractivity contribution in [2.24, 2.45) is 22.7 Å². The van der Waals surface area contributed by atoms with Crippen molar-refractivity contribution >= 4 is 11.8 Å². The number of ether oxygens (including phenoxy) is 1. The van der Waals surface area contributed by atoms with E-state index in [1.54, 1.807) is 6.20 Å². The van der Waals surface area contributed by atoms with Gasteiger partial charge in [0.25, 0.3) is 0 Å². The van der Waals surface area contributed by atoms with Gasteiger partial charge in [0, 0.05) is 12.1 Å². The van der Waals surface area contributed by atoms with Gasteiger partial charge >= 0.3 is 6.09 Å². The van der Waals surface area contributed by atoms with Crippen molar-refractivity contribution in [2.45, 2.75) is 58.7 Å². The van der Waals surface area contributed by atoms with Gasteiger partial charge in [0.2, 0.25) is 0 Å². The monoisotopic (exact) mass is 333 g/mol. The summed E-state index contributed by atoms with van der Waals surface area (Å²) < 4.78 is 5.36. The molecular weight excluding hydrogens is 306 g/mol. The summed E-state index contributed by atoms with van der Waals surface area (Å²) >= 11 is 0. The van der Waals surface area contributed by atoms with E-state index in [4.69, 9.17) is 15.3 Å². The molecule has 2 N–H and O–H groups in total. The van der Waals surface area contributed by atoms with E-state index >= 15 is 0 Å². The summed E-state index contributed by atoms with van der Waals surface area (Å²) in [5, 5.41) is 4.18. The maximum atomic E-state index is 11.2. The molecule has 6 nitrogen and oxygen atoms in total. The predicted octanol–water partition coefficient (Wildman–Crippen LogP) is 3.65. The molecule has 1 aromatic heterocycles. The third-order valence-electron chi connectivity index (χ3n) is 4.64. The van der Waals surface area contributed by atoms with Gasteiger partial charge in [-0.2, -0.15) is 0 Å². The number of carbonyl (C=O) groups excluding carboxylic acids is 1. The third-order valence-corrected chi connectivity index (χ3v) is 4.64. The number of amides is 1. The topological polar surface area (TPSA) is 86.8 Å². The second-order valence-electron chi connectivity index (χ2n) is 6.48. The molecule has 6 heteroatoms. The number of aromatic nitrogens is 1. The van der Waals surface area contributed by atoms with Crippen LogP contribution in [0.4, 0.5) is 4.79 Å². The highest BCUT2D eigenvalue weighted by Gasteiger charge is 2.29. The second kappa shape index (κ2) is 9.25. The molecule has 24 heavy (non-hydrogen) atoms. The number of hydrogen-bond donors (Lipinski definition) is 1. The van der Waals surface area contributed by atoms with Crippen LogP contribution < -0.4 is 5.73 Å². The molecule has 0 radical (unpaired) electrons. The second-order valence-corrected chi connectivity index (χ2v) is 6.48. The summed E-state index contributed by atoms with van der Waals surface area (Å²) in [6.45, 7) is 4.34. The molecule has 2 rings (SSSR count). The number of nitrogens with zero attached hydrogens (tertiary/aromatic N) is 2. The first-order chi connectivity index (χ1) is 11.6. The molecule has 2 atom stereocenters. The Hall–Kier alpha value is -2.11. The van der Waals surface area contributed by atoms with Crippen molar-refractivity contribution in [3.63, 3.8) is 0 Å². The van der Waals surface area contributed by atoms with Crippen LogP contribution in [0.1, 0.15) is 51.6 Å². The molecule has 1 amide bonds. The van der Waals surface area contributed by atoms with Crippen LogP contribution in [-0.2, 0) is 16.2 Å². The highest BCUT2D eigenvalue weighted by atomic mass is 16.6. The van der Waals surface area contributed by atoms with Crippen LogP contribution in [0, 0.1) is 11.8 Å². The number of primary amides is 1. The fourth-order valence-corrected chi connectivity index (χ4v) is 3.11. The van der Waals surface area contributed by atoms with Gasteiger partial charge in [-0.3, -0.25) is 4.98 Å². The zero-order valence-electron chi connectivity index (χ0n) is 14.5. The molecule has 0 bridgehead atoms. The smallest absolute Gasteiger partial charge is 0.404 e. The normalized spacial score (nSPS) is 18.2. The third kappa shape index (κ3) is 5.83. The molecule has 1 aromatic rings. The number of hydrogen-bond acceptors (Lipinski definition) is 5. The van der Waals surface area contributed by atoms with Crippen molar-refractivity contribution < 1.29 is 14.4 Å². The van der Waals surface area contributed by atoms with Crippen LogP contribution in [0.15, 0.2) is 29.6 Å². The Morgan fingerprint density at radius 2 is 2.17 bits per heavy atom. The molecule has 132 valence electrons. The Bertz CT molecular complexity index is 542. The van der Waals surface area contributed by atoms with Crippen LogP contribution in [0.2, 0.25) is 0 Å². The molecule has 0 spiro atoms. The molecule has 1 fully saturated rings. The standard InChI is InChI=1S/C18H27N3O3/c1-13(11-17(24-18(19)22)15-7-3-4-8-15)14(2)21-23-12-16-9-5-6-10-20-16/h5-6,9-10,13,15,17H,3-4,7-8,11-12H2,1-2H3,(H2,19,22)/b21-14+/t13-,17+/m0/s1. The maximum absolute atomic E-state index is 11.2. The summed E-state index contributed by atoms with van der Waals surface area (Å²) in [6.07, 6.45) is 6.19. The van der Waals surface area contributed by atoms with Crippen molar-refractivity contribution in [3.05, 3.63) is 30.1 Å². The van der Waals surface area contributed by atoms with Gasteiger partial charge < -0.3 is 15.3 Å². The first kappa shape index (κ1) is 18.2. The Kier molecular flexibility index (Phi) is 7.03. The highest BCUT2D eigenvalue weighted by molar-refractivity contribution is 5.83. The first-order valence-corrected chi connectivity index (χ1v) is 8.58. The number of nitrogens with two attached hydrogens (primary N) is 1. The minimum atomic E-state index is -0.694. The maximum Gasteiger partial charge on any atom is 0.404 e. The van der Waals surface area contributed by atoms with E-state index in [1.807, 2.05) is 25.1 Å². The van der Waals surface area contributed by atoms with Gasteiger partial charge in [0.1, 0.15) is 6.10 Å². The molecule has 1 heterocycles. The summed E-state index contributed by atoms with van der Waals surface area (Å²) in [5.41, 5.74) is 6.95. The molecule has 1 aliphatic carbocycles. The molecule has 0 aromatic carbocycles. The van der Waals surface area contributed by atoms with Crippen LogP contribution in [0.25, 0.3) is 0 Å². The molecular formula is C18H27N3O3. The lowest BCUT2D eigenvalue weighted by atomic mass is 9.90. The quantitative estimate of drug-likeness (QED) is 0.581. The van der Waals surface area contributed by atoms with Gasteiger partial charge in [0.05, 0.1) is 11.4 Å². The highest BCUT2D eigenvalue weighted by Crippen LogP contribution is 2.32. The molecule has 0 saturated heterocycles. The van der Waals surface area contributed by atoms with Gasteiger partial charge in [-0.25, -0.2) is 4.79 Å². The predicted molar refractivity (Wildman–Crippen MR) is 92.3 cm³/mol. The zero-order chi connectivity index (χ0) is 17.4. The Morgan fingerprint density at radius 1 is 1.42 bits per heavy atom. The zero-order valence-corrected chi connectivity index (χ0v) is 14.5. The van der Waals surface area contributed by atoms with E-state index in [2.05, 4.69) is 17.1 Å². The van der Waals surface area contributed by atoms with Crippen LogP contribution in [0.5, 0.6) is 0 Å². The van der Waals surface area contributed by atoms with E-state index in [0.29, 0.717) is 12.5 Å². The van der Waals surface area contributed by atoms with E-state index in [9.17, 15) is 4.79 Å². The summed E-state index contributed by atoms with van der Waals surface area (Å²) in [6, 6.07) is 5.67. The minimum absolute atomic E-state index is 0.138. The average molecular weight is 333 g/mol. The van der Waals surface area contributed by atoms with Crippen molar-refractivity contribution in [2.75, 3.05) is 0 Å². The molecule has 0 unspecified atom stereocenters. The summed E-state index contributed by atoms with van der Waals surface area (Å²) in [4.78, 5) is 20.8. The van der Waals surface area contributed by atoms with Crippen molar-refractivity contribution in [3.8, 4) is 0 Å². The Morgan fingerprint density at radius 3 is 2.79 bits per heavy atom. The summed E-state index contributed by atoms with van der Waals surface area (Å²) in [7, 11) is 0. The first-order valence-electron chi connectivity index (χ1n) is 8.58. The largest absolute Gasteiger partial charge is 0.446 e. The Balaban J connectivity index is 1.86. The van der Waals surface area contributed by atoms with E-state index in [0.717, 1.165) is 30.7 Å². The van der Waals surface area contributed by atoms with Gasteiger partial charge in [0.15, 0.2) is 6.61 Å². The van der Waals surface area contributed by atoms with Gasteiger partial charge in [-0.05, 0) is 44.2 Å². The van der Waals surface area contributed by atoms with E-state index < -0.39 is 6.09 Å². The van der Waals surface area contributed by atoms with E-state index in [1.165, 1.54) is 12.8 Å². The van der Waals surface area contributed by atoms with Crippen molar-refractivity contribution in [1.29, 1.82) is 0 Å². The van der Waals surface area contributed by atoms with Gasteiger partial charge in [-0.1, -0.05) is 31.0 Å². The van der Waals surface area contributed by atoms with Gasteiger partial charge in [-0.15, -0.1) is 0 Å². The minimum Gasteiger partial charge on any atom is -0.446 e. The lowest BCUT2D eigenvalue weighted by Gasteiger charge is -2.25. The fourth-order valence-electron chi connectivity index (χ4n) is 3.11. The molecule has 0 aliphatic heterocycles. The average Bonchev–Trinajstić information content (AvgIpc) is 3.09. The van der Waals surface area contributed by atoms with Crippen LogP contribution >= 0.6 is 0 Å². The molecule has 1 aliphatic rings. The molecule has 1 saturated carbocycles. The van der Waals surface area contributed by atoms with Crippen molar-refractivity contribution in [1.82, 2.24) is 4.98 Å². The number of pyridine rings is 1. The summed E-state index contributed by atoms with van der Waals surface area (Å²) in [5.74, 6) is 0.556. The number of carbonyl (C=O) groups is 1. The number of rotatable bonds is 8. The van der Waals surface area contributed by atoms with Crippen LogP contribution in [-0.4, -0.2) is 22.9 Å². The number of oxime groups is 1. The SMILES string of the molecule is C/C(=N\OCc1ccccn1)[C@@H](C)C[C@@H](OC(N)=O)C1CCCC1.